The number of hydrogen-bond acceptors (Lipinski definition) is 3. The Morgan fingerprint density at radius 3 is 2.50 bits per heavy atom. The summed E-state index contributed by atoms with van der Waals surface area (Å²) in [6.45, 7) is 6.78. The molecule has 2 rings (SSSR count). The summed E-state index contributed by atoms with van der Waals surface area (Å²) in [5.41, 5.74) is 7.39. The molecule has 2 N–H and O–H groups in total. The molecule has 108 valence electrons. The van der Waals surface area contributed by atoms with E-state index >= 15 is 0 Å². The fraction of sp³-hybridized carbons (Fsp3) is 0.438. The van der Waals surface area contributed by atoms with Crippen LogP contribution in [0, 0.1) is 0 Å². The van der Waals surface area contributed by atoms with Gasteiger partial charge in [-0.05, 0) is 44.7 Å². The zero-order valence-corrected chi connectivity index (χ0v) is 12.5. The van der Waals surface area contributed by atoms with E-state index in [1.165, 1.54) is 0 Å². The lowest BCUT2D eigenvalue weighted by molar-refractivity contribution is -0.130. The van der Waals surface area contributed by atoms with Gasteiger partial charge in [0, 0.05) is 36.9 Å². The zero-order chi connectivity index (χ0) is 14.8. The van der Waals surface area contributed by atoms with Gasteiger partial charge in [-0.2, -0.15) is 0 Å². The van der Waals surface area contributed by atoms with Crippen LogP contribution in [0.1, 0.15) is 19.4 Å². The first-order valence-corrected chi connectivity index (χ1v) is 6.92. The summed E-state index contributed by atoms with van der Waals surface area (Å²) in [5.74, 6) is 0.0722. The van der Waals surface area contributed by atoms with Crippen LogP contribution in [0.5, 0.6) is 0 Å². The third-order valence-corrected chi connectivity index (χ3v) is 3.98. The lowest BCUT2D eigenvalue weighted by Crippen LogP contribution is -2.58. The molecule has 1 heterocycles. The fourth-order valence-electron chi connectivity index (χ4n) is 2.31. The van der Waals surface area contributed by atoms with E-state index in [9.17, 15) is 4.79 Å². The van der Waals surface area contributed by atoms with Crippen LogP contribution in [0.3, 0.4) is 0 Å². The van der Waals surface area contributed by atoms with Crippen molar-refractivity contribution in [2.45, 2.75) is 19.4 Å². The third-order valence-electron chi connectivity index (χ3n) is 3.98. The summed E-state index contributed by atoms with van der Waals surface area (Å²) >= 11 is 0. The number of carbonyl (C=O) groups is 1. The molecule has 1 aromatic carbocycles. The molecule has 0 saturated carbocycles. The summed E-state index contributed by atoms with van der Waals surface area (Å²) in [7, 11) is 2.10. The van der Waals surface area contributed by atoms with Crippen molar-refractivity contribution in [2.75, 3.05) is 32.4 Å². The molecule has 0 atom stereocenters. The quantitative estimate of drug-likeness (QED) is 0.660. The number of nitrogens with zero attached hydrogens (tertiary/aromatic N) is 2. The minimum absolute atomic E-state index is 0.0307. The molecule has 1 aliphatic heterocycles. The second-order valence-electron chi connectivity index (χ2n) is 5.99. The lowest BCUT2D eigenvalue weighted by Gasteiger charge is -2.45. The van der Waals surface area contributed by atoms with Crippen LogP contribution < -0.4 is 5.73 Å². The summed E-state index contributed by atoms with van der Waals surface area (Å²) in [4.78, 5) is 16.4. The van der Waals surface area contributed by atoms with Gasteiger partial charge in [-0.15, -0.1) is 0 Å². The molecule has 1 saturated heterocycles. The molecule has 4 nitrogen and oxygen atoms in total. The van der Waals surface area contributed by atoms with Crippen molar-refractivity contribution in [3.05, 3.63) is 35.9 Å². The van der Waals surface area contributed by atoms with Crippen LogP contribution in [0.25, 0.3) is 6.08 Å². The molecule has 0 unspecified atom stereocenters. The normalized spacial score (nSPS) is 19.4. The standard InChI is InChI=1S/C16H23N3O/c1-16(2)12-19(11-10-18(16)3)15(20)9-6-13-4-7-14(17)8-5-13/h4-9H,10-12,17H2,1-3H3/b9-6+. The molecule has 0 spiro atoms. The predicted octanol–water partition coefficient (Wildman–Crippen LogP) is 1.83. The molecule has 0 aromatic heterocycles. The van der Waals surface area contributed by atoms with Gasteiger partial charge in [-0.1, -0.05) is 12.1 Å². The van der Waals surface area contributed by atoms with Crippen molar-refractivity contribution in [3.63, 3.8) is 0 Å². The molecule has 0 radical (unpaired) electrons. The van der Waals surface area contributed by atoms with Crippen molar-refractivity contribution in [1.82, 2.24) is 9.80 Å². The Hall–Kier alpha value is -1.81. The lowest BCUT2D eigenvalue weighted by atomic mass is 9.99. The van der Waals surface area contributed by atoms with Gasteiger partial charge >= 0.3 is 0 Å². The molecule has 20 heavy (non-hydrogen) atoms. The number of likely N-dealkylation sites (N-methyl/N-ethyl adjacent to an activating group) is 1. The molecular formula is C16H23N3O. The Morgan fingerprint density at radius 2 is 1.90 bits per heavy atom. The van der Waals surface area contributed by atoms with Gasteiger partial charge in [-0.25, -0.2) is 0 Å². The van der Waals surface area contributed by atoms with Crippen molar-refractivity contribution >= 4 is 17.7 Å². The third kappa shape index (κ3) is 3.39. The fourth-order valence-corrected chi connectivity index (χ4v) is 2.31. The van der Waals surface area contributed by atoms with Crippen molar-refractivity contribution < 1.29 is 4.79 Å². The first kappa shape index (κ1) is 14.6. The van der Waals surface area contributed by atoms with Crippen molar-refractivity contribution in [2.24, 2.45) is 0 Å². The predicted molar refractivity (Wildman–Crippen MR) is 83.2 cm³/mol. The van der Waals surface area contributed by atoms with Gasteiger partial charge in [0.1, 0.15) is 0 Å². The molecule has 4 heteroatoms. The summed E-state index contributed by atoms with van der Waals surface area (Å²) in [6.07, 6.45) is 3.49. The van der Waals surface area contributed by atoms with Gasteiger partial charge in [0.05, 0.1) is 0 Å². The Bertz CT molecular complexity index is 505. The van der Waals surface area contributed by atoms with Crippen LogP contribution in [-0.2, 0) is 4.79 Å². The number of nitrogens with two attached hydrogens (primary N) is 1. The van der Waals surface area contributed by atoms with Gasteiger partial charge in [0.15, 0.2) is 0 Å². The van der Waals surface area contributed by atoms with Gasteiger partial charge in [0.25, 0.3) is 0 Å². The summed E-state index contributed by atoms with van der Waals surface area (Å²) < 4.78 is 0. The Balaban J connectivity index is 2.00. The van der Waals surface area contributed by atoms with E-state index in [0.29, 0.717) is 0 Å². The van der Waals surface area contributed by atoms with Crippen LogP contribution in [0.15, 0.2) is 30.3 Å². The van der Waals surface area contributed by atoms with E-state index in [4.69, 9.17) is 5.73 Å². The monoisotopic (exact) mass is 273 g/mol. The largest absolute Gasteiger partial charge is 0.399 e. The maximum absolute atomic E-state index is 12.2. The Labute approximate surface area is 120 Å². The first-order valence-electron chi connectivity index (χ1n) is 6.92. The van der Waals surface area contributed by atoms with Crippen molar-refractivity contribution in [3.8, 4) is 0 Å². The topological polar surface area (TPSA) is 49.6 Å². The molecule has 0 bridgehead atoms. The van der Waals surface area contributed by atoms with E-state index in [2.05, 4.69) is 25.8 Å². The van der Waals surface area contributed by atoms with E-state index in [1.807, 2.05) is 35.2 Å². The minimum Gasteiger partial charge on any atom is -0.399 e. The highest BCUT2D eigenvalue weighted by Crippen LogP contribution is 2.19. The average molecular weight is 273 g/mol. The maximum Gasteiger partial charge on any atom is 0.246 e. The molecule has 1 aromatic rings. The number of amides is 1. The highest BCUT2D eigenvalue weighted by Gasteiger charge is 2.32. The van der Waals surface area contributed by atoms with E-state index in [-0.39, 0.29) is 11.4 Å². The average Bonchev–Trinajstić information content (AvgIpc) is 2.41. The maximum atomic E-state index is 12.2. The number of anilines is 1. The molecular weight excluding hydrogens is 250 g/mol. The number of benzene rings is 1. The van der Waals surface area contributed by atoms with Crippen molar-refractivity contribution in [1.29, 1.82) is 0 Å². The first-order chi connectivity index (χ1) is 9.38. The molecule has 1 aliphatic rings. The van der Waals surface area contributed by atoms with Gasteiger partial charge < -0.3 is 10.6 Å². The molecule has 1 amide bonds. The van der Waals surface area contributed by atoms with E-state index in [0.717, 1.165) is 30.9 Å². The number of hydrogen-bond donors (Lipinski definition) is 1. The number of nitrogen functional groups attached to an aromatic ring is 1. The summed E-state index contributed by atoms with van der Waals surface area (Å²) in [5, 5.41) is 0. The Morgan fingerprint density at radius 1 is 1.25 bits per heavy atom. The molecule has 0 aliphatic carbocycles. The van der Waals surface area contributed by atoms with Gasteiger partial charge in [-0.3, -0.25) is 9.69 Å². The molecule has 1 fully saturated rings. The zero-order valence-electron chi connectivity index (χ0n) is 12.5. The van der Waals surface area contributed by atoms with Crippen LogP contribution in [0.4, 0.5) is 5.69 Å². The second kappa shape index (κ2) is 5.67. The Kier molecular flexibility index (Phi) is 4.14. The summed E-state index contributed by atoms with van der Waals surface area (Å²) in [6, 6.07) is 7.49. The van der Waals surface area contributed by atoms with Gasteiger partial charge in [0.2, 0.25) is 5.91 Å². The van der Waals surface area contributed by atoms with Crippen LogP contribution in [0.2, 0.25) is 0 Å². The van der Waals surface area contributed by atoms with E-state index in [1.54, 1.807) is 6.08 Å². The SMILES string of the molecule is CN1CCN(C(=O)/C=C/c2ccc(N)cc2)CC1(C)C. The highest BCUT2D eigenvalue weighted by molar-refractivity contribution is 5.92. The highest BCUT2D eigenvalue weighted by atomic mass is 16.2. The van der Waals surface area contributed by atoms with Crippen LogP contribution >= 0.6 is 0 Å². The number of rotatable bonds is 2. The van der Waals surface area contributed by atoms with E-state index < -0.39 is 0 Å². The van der Waals surface area contributed by atoms with Crippen LogP contribution in [-0.4, -0.2) is 47.9 Å². The number of piperazine rings is 1. The number of carbonyl (C=O) groups excluding carboxylic acids is 1. The second-order valence-corrected chi connectivity index (χ2v) is 5.99. The minimum atomic E-state index is 0.0307. The smallest absolute Gasteiger partial charge is 0.246 e.